The fraction of sp³-hybridized carbons (Fsp3) is 0.500. The second-order valence-electron chi connectivity index (χ2n) is 7.02. The van der Waals surface area contributed by atoms with Crippen molar-refractivity contribution in [3.05, 3.63) is 29.3 Å². The second kappa shape index (κ2) is 7.96. The van der Waals surface area contributed by atoms with Gasteiger partial charge in [0.2, 0.25) is 0 Å². The van der Waals surface area contributed by atoms with Crippen LogP contribution in [0.4, 0.5) is 6.01 Å². The van der Waals surface area contributed by atoms with Crippen molar-refractivity contribution in [2.24, 2.45) is 0 Å². The molecular weight excluding hydrogens is 360 g/mol. The number of rotatable bonds is 5. The van der Waals surface area contributed by atoms with Crippen molar-refractivity contribution < 1.29 is 9.15 Å². The van der Waals surface area contributed by atoms with E-state index in [1.165, 1.54) is 12.8 Å². The first-order valence-electron chi connectivity index (χ1n) is 9.49. The Bertz CT molecular complexity index is 893. The van der Waals surface area contributed by atoms with Crippen molar-refractivity contribution in [1.29, 1.82) is 0 Å². The second-order valence-corrected chi connectivity index (χ2v) is 7.91. The maximum atomic E-state index is 6.34. The molecule has 0 saturated carbocycles. The molecule has 0 bridgehead atoms. The van der Waals surface area contributed by atoms with Gasteiger partial charge in [0.05, 0.1) is 11.7 Å². The molecule has 2 aromatic heterocycles. The van der Waals surface area contributed by atoms with Gasteiger partial charge >= 0.3 is 0 Å². The molecule has 3 heterocycles. The van der Waals surface area contributed by atoms with E-state index >= 15 is 0 Å². The van der Waals surface area contributed by atoms with Crippen LogP contribution in [0.1, 0.15) is 37.9 Å². The summed E-state index contributed by atoms with van der Waals surface area (Å²) in [5.41, 5.74) is 3.71. The van der Waals surface area contributed by atoms with Gasteiger partial charge in [-0.2, -0.15) is 4.98 Å². The summed E-state index contributed by atoms with van der Waals surface area (Å²) >= 11 is 1.61. The molecule has 2 atom stereocenters. The third-order valence-electron chi connectivity index (χ3n) is 5.37. The van der Waals surface area contributed by atoms with Gasteiger partial charge in [-0.3, -0.25) is 0 Å². The Labute approximate surface area is 163 Å². The van der Waals surface area contributed by atoms with Crippen molar-refractivity contribution in [3.8, 4) is 10.6 Å². The van der Waals surface area contributed by atoms with Crippen LogP contribution in [-0.2, 0) is 4.74 Å². The SMILES string of the molecule is CNC1CCCCN(c2nc3c(C(C)OC)ccc(-c4nccs4)c3o2)C1. The molecule has 1 aliphatic heterocycles. The van der Waals surface area contributed by atoms with Crippen LogP contribution in [0.25, 0.3) is 21.7 Å². The maximum absolute atomic E-state index is 6.34. The molecule has 144 valence electrons. The lowest BCUT2D eigenvalue weighted by Crippen LogP contribution is -2.38. The summed E-state index contributed by atoms with van der Waals surface area (Å²) in [5.74, 6) is 0. The summed E-state index contributed by atoms with van der Waals surface area (Å²) in [6.07, 6.45) is 5.32. The van der Waals surface area contributed by atoms with Gasteiger partial charge in [0.15, 0.2) is 5.58 Å². The first kappa shape index (κ1) is 18.4. The topological polar surface area (TPSA) is 63.4 Å². The fourth-order valence-electron chi connectivity index (χ4n) is 3.68. The average Bonchev–Trinajstić information content (AvgIpc) is 3.32. The lowest BCUT2D eigenvalue weighted by atomic mass is 10.1. The molecule has 0 radical (unpaired) electrons. The molecule has 2 unspecified atom stereocenters. The summed E-state index contributed by atoms with van der Waals surface area (Å²) in [7, 11) is 3.75. The minimum atomic E-state index is -0.0509. The smallest absolute Gasteiger partial charge is 0.298 e. The van der Waals surface area contributed by atoms with E-state index in [1.807, 2.05) is 25.5 Å². The number of methoxy groups -OCH3 is 1. The first-order chi connectivity index (χ1) is 13.2. The van der Waals surface area contributed by atoms with Crippen LogP contribution in [0.5, 0.6) is 0 Å². The molecule has 4 rings (SSSR count). The van der Waals surface area contributed by atoms with Gasteiger partial charge in [-0.05, 0) is 32.9 Å². The molecule has 3 aromatic rings. The van der Waals surface area contributed by atoms with E-state index in [4.69, 9.17) is 14.1 Å². The van der Waals surface area contributed by atoms with Crippen molar-refractivity contribution >= 4 is 28.5 Å². The fourth-order valence-corrected chi connectivity index (χ4v) is 4.34. The molecular formula is C20H26N4O2S. The molecule has 1 aromatic carbocycles. The van der Waals surface area contributed by atoms with E-state index < -0.39 is 0 Å². The molecule has 27 heavy (non-hydrogen) atoms. The summed E-state index contributed by atoms with van der Waals surface area (Å²) < 4.78 is 11.9. The molecule has 1 aliphatic rings. The Morgan fingerprint density at radius 1 is 1.37 bits per heavy atom. The summed E-state index contributed by atoms with van der Waals surface area (Å²) in [4.78, 5) is 11.6. The largest absolute Gasteiger partial charge is 0.423 e. The van der Waals surface area contributed by atoms with E-state index in [0.29, 0.717) is 12.1 Å². The van der Waals surface area contributed by atoms with Crippen LogP contribution in [0, 0.1) is 0 Å². The number of hydrogen-bond donors (Lipinski definition) is 1. The van der Waals surface area contributed by atoms with Crippen LogP contribution in [0.3, 0.4) is 0 Å². The van der Waals surface area contributed by atoms with Crippen LogP contribution >= 0.6 is 11.3 Å². The Morgan fingerprint density at radius 3 is 3.00 bits per heavy atom. The third-order valence-corrected chi connectivity index (χ3v) is 6.17. The van der Waals surface area contributed by atoms with Gasteiger partial charge in [0.25, 0.3) is 6.01 Å². The zero-order valence-corrected chi connectivity index (χ0v) is 16.9. The summed E-state index contributed by atoms with van der Waals surface area (Å²) in [5, 5.41) is 6.34. The number of ether oxygens (including phenoxy) is 1. The number of anilines is 1. The minimum absolute atomic E-state index is 0.0509. The quantitative estimate of drug-likeness (QED) is 0.708. The minimum Gasteiger partial charge on any atom is -0.423 e. The van der Waals surface area contributed by atoms with Gasteiger partial charge in [-0.25, -0.2) is 4.98 Å². The molecule has 1 fully saturated rings. The normalized spacial score (nSPS) is 19.4. The van der Waals surface area contributed by atoms with Crippen LogP contribution < -0.4 is 10.2 Å². The number of benzene rings is 1. The van der Waals surface area contributed by atoms with Crippen molar-refractivity contribution in [2.75, 3.05) is 32.1 Å². The predicted octanol–water partition coefficient (Wildman–Crippen LogP) is 4.24. The van der Waals surface area contributed by atoms with Crippen LogP contribution in [0.15, 0.2) is 28.1 Å². The molecule has 1 N–H and O–H groups in total. The highest BCUT2D eigenvalue weighted by Gasteiger charge is 2.24. The number of nitrogens with zero attached hydrogens (tertiary/aromatic N) is 3. The van der Waals surface area contributed by atoms with Gasteiger partial charge in [-0.15, -0.1) is 11.3 Å². The zero-order valence-electron chi connectivity index (χ0n) is 16.1. The van der Waals surface area contributed by atoms with Crippen molar-refractivity contribution in [3.63, 3.8) is 0 Å². The van der Waals surface area contributed by atoms with E-state index in [-0.39, 0.29) is 6.10 Å². The van der Waals surface area contributed by atoms with Gasteiger partial charge in [-0.1, -0.05) is 12.5 Å². The monoisotopic (exact) mass is 386 g/mol. The molecule has 0 amide bonds. The Morgan fingerprint density at radius 2 is 2.26 bits per heavy atom. The lowest BCUT2D eigenvalue weighted by molar-refractivity contribution is 0.120. The number of likely N-dealkylation sites (N-methyl/N-ethyl adjacent to an activating group) is 1. The Hall–Kier alpha value is -1.96. The van der Waals surface area contributed by atoms with E-state index in [9.17, 15) is 0 Å². The summed E-state index contributed by atoms with van der Waals surface area (Å²) in [6, 6.07) is 5.30. The Kier molecular flexibility index (Phi) is 5.43. The molecule has 0 aliphatic carbocycles. The highest BCUT2D eigenvalue weighted by molar-refractivity contribution is 7.13. The van der Waals surface area contributed by atoms with Crippen LogP contribution in [-0.4, -0.2) is 43.3 Å². The maximum Gasteiger partial charge on any atom is 0.298 e. The Balaban J connectivity index is 1.82. The molecule has 7 heteroatoms. The number of nitrogens with one attached hydrogen (secondary N) is 1. The zero-order chi connectivity index (χ0) is 18.8. The standard InChI is InChI=1S/C20H26N4O2S/c1-13(25-3)15-7-8-16(19-22-9-11-27-19)18-17(15)23-20(26-18)24-10-5-4-6-14(12-24)21-2/h7-9,11,13-14,21H,4-6,10,12H2,1-3H3. The first-order valence-corrected chi connectivity index (χ1v) is 10.4. The average molecular weight is 387 g/mol. The highest BCUT2D eigenvalue weighted by atomic mass is 32.1. The number of thiazole rings is 1. The molecule has 6 nitrogen and oxygen atoms in total. The van der Waals surface area contributed by atoms with E-state index in [2.05, 4.69) is 27.3 Å². The van der Waals surface area contributed by atoms with Crippen molar-refractivity contribution in [1.82, 2.24) is 15.3 Å². The summed E-state index contributed by atoms with van der Waals surface area (Å²) in [6.45, 7) is 3.91. The number of hydrogen-bond acceptors (Lipinski definition) is 7. The van der Waals surface area contributed by atoms with Gasteiger partial charge in [0, 0.05) is 43.4 Å². The number of fused-ring (bicyclic) bond motifs is 1. The molecule has 1 saturated heterocycles. The lowest BCUT2D eigenvalue weighted by Gasteiger charge is -2.22. The van der Waals surface area contributed by atoms with Crippen LogP contribution in [0.2, 0.25) is 0 Å². The molecule has 0 spiro atoms. The third kappa shape index (κ3) is 3.59. The van der Waals surface area contributed by atoms with E-state index in [0.717, 1.165) is 46.7 Å². The van der Waals surface area contributed by atoms with Gasteiger partial charge in [0.1, 0.15) is 10.5 Å². The van der Waals surface area contributed by atoms with Crippen molar-refractivity contribution in [2.45, 2.75) is 38.3 Å². The number of aromatic nitrogens is 2. The predicted molar refractivity (Wildman–Crippen MR) is 109 cm³/mol. The highest BCUT2D eigenvalue weighted by Crippen LogP contribution is 2.37. The number of oxazole rings is 1. The van der Waals surface area contributed by atoms with E-state index in [1.54, 1.807) is 18.4 Å². The van der Waals surface area contributed by atoms with Gasteiger partial charge < -0.3 is 19.4 Å².